The van der Waals surface area contributed by atoms with Gasteiger partial charge in [-0.05, 0) is 54.3 Å². The van der Waals surface area contributed by atoms with Crippen LogP contribution in [0.2, 0.25) is 0 Å². The van der Waals surface area contributed by atoms with Crippen LogP contribution in [0.15, 0.2) is 61.0 Å². The molecule has 0 aliphatic carbocycles. The molecule has 1 aliphatic heterocycles. The van der Waals surface area contributed by atoms with E-state index in [1.165, 1.54) is 22.1 Å². The number of aliphatic hydroxyl groups is 2. The third-order valence-corrected chi connectivity index (χ3v) is 6.53. The SMILES string of the molecule is C=C(F)/C=C\C(=C/C)c1ccc(Cc2cc(C3CC(O)CC(CO)O3)ccc2C)s1. The van der Waals surface area contributed by atoms with E-state index in [9.17, 15) is 14.6 Å². The minimum atomic E-state index is -0.461. The molecule has 0 saturated carbocycles. The minimum absolute atomic E-state index is 0.0816. The first-order valence-electron chi connectivity index (χ1n) is 10.2. The monoisotopic (exact) mass is 428 g/mol. The van der Waals surface area contributed by atoms with Crippen molar-refractivity contribution in [3.05, 3.63) is 87.4 Å². The van der Waals surface area contributed by atoms with E-state index < -0.39 is 11.9 Å². The van der Waals surface area contributed by atoms with Crippen molar-refractivity contribution in [2.24, 2.45) is 0 Å². The average molecular weight is 429 g/mol. The highest BCUT2D eigenvalue weighted by atomic mass is 32.1. The molecular weight excluding hydrogens is 399 g/mol. The van der Waals surface area contributed by atoms with E-state index in [4.69, 9.17) is 4.74 Å². The van der Waals surface area contributed by atoms with Gasteiger partial charge in [0.05, 0.1) is 24.9 Å². The van der Waals surface area contributed by atoms with Crippen molar-refractivity contribution in [2.45, 2.75) is 51.4 Å². The Morgan fingerprint density at radius 3 is 2.77 bits per heavy atom. The fourth-order valence-corrected chi connectivity index (χ4v) is 4.81. The predicted octanol–water partition coefficient (Wildman–Crippen LogP) is 5.66. The maximum Gasteiger partial charge on any atom is 0.116 e. The van der Waals surface area contributed by atoms with Crippen molar-refractivity contribution in [3.8, 4) is 0 Å². The summed E-state index contributed by atoms with van der Waals surface area (Å²) >= 11 is 1.69. The number of aryl methyl sites for hydroxylation is 1. The zero-order valence-corrected chi connectivity index (χ0v) is 18.3. The Bertz CT molecular complexity index is 944. The second-order valence-corrected chi connectivity index (χ2v) is 8.88. The molecule has 1 aliphatic rings. The van der Waals surface area contributed by atoms with Gasteiger partial charge >= 0.3 is 0 Å². The molecule has 3 atom stereocenters. The summed E-state index contributed by atoms with van der Waals surface area (Å²) in [6.07, 6.45) is 5.89. The minimum Gasteiger partial charge on any atom is -0.394 e. The molecule has 2 heterocycles. The highest BCUT2D eigenvalue weighted by Crippen LogP contribution is 2.34. The van der Waals surface area contributed by atoms with Gasteiger partial charge < -0.3 is 14.9 Å². The van der Waals surface area contributed by atoms with Crippen molar-refractivity contribution >= 4 is 16.9 Å². The van der Waals surface area contributed by atoms with Gasteiger partial charge in [0.25, 0.3) is 0 Å². The lowest BCUT2D eigenvalue weighted by Crippen LogP contribution is -2.33. The lowest BCUT2D eigenvalue weighted by Gasteiger charge is -2.32. The maximum atomic E-state index is 13.0. The standard InChI is InChI=1S/C25H29FO3S/c1-4-18(8-6-17(3)26)25-10-9-23(30-25)12-20-11-19(7-5-16(20)2)24-14-21(28)13-22(15-27)29-24/h4-11,21-22,24,27-28H,3,12-15H2,1-2H3/b8-6-,18-4+. The van der Waals surface area contributed by atoms with Gasteiger partial charge in [-0.2, -0.15) is 0 Å². The van der Waals surface area contributed by atoms with Crippen LogP contribution in [0.4, 0.5) is 4.39 Å². The van der Waals surface area contributed by atoms with Crippen LogP contribution in [0.25, 0.3) is 5.57 Å². The predicted molar refractivity (Wildman–Crippen MR) is 121 cm³/mol. The van der Waals surface area contributed by atoms with Crippen molar-refractivity contribution in [1.82, 2.24) is 0 Å². The van der Waals surface area contributed by atoms with E-state index >= 15 is 0 Å². The molecule has 0 spiro atoms. The van der Waals surface area contributed by atoms with Gasteiger partial charge in [-0.25, -0.2) is 4.39 Å². The summed E-state index contributed by atoms with van der Waals surface area (Å²) in [5.74, 6) is -0.461. The highest BCUT2D eigenvalue weighted by Gasteiger charge is 2.29. The third kappa shape index (κ3) is 5.76. The van der Waals surface area contributed by atoms with Crippen molar-refractivity contribution in [2.75, 3.05) is 6.61 Å². The number of thiophene rings is 1. The molecule has 1 aromatic heterocycles. The molecule has 160 valence electrons. The van der Waals surface area contributed by atoms with Gasteiger partial charge in [-0.1, -0.05) is 36.9 Å². The van der Waals surface area contributed by atoms with Gasteiger partial charge in [0.1, 0.15) is 5.83 Å². The van der Waals surface area contributed by atoms with Crippen molar-refractivity contribution < 1.29 is 19.3 Å². The Morgan fingerprint density at radius 2 is 2.07 bits per heavy atom. The van der Waals surface area contributed by atoms with Gasteiger partial charge in [0.2, 0.25) is 0 Å². The van der Waals surface area contributed by atoms with Crippen LogP contribution in [0.5, 0.6) is 0 Å². The Hall–Kier alpha value is -2.05. The third-order valence-electron chi connectivity index (χ3n) is 5.39. The molecule has 0 bridgehead atoms. The Balaban J connectivity index is 1.78. The topological polar surface area (TPSA) is 49.7 Å². The Labute approximate surface area is 181 Å². The molecule has 5 heteroatoms. The fraction of sp³-hybridized carbons (Fsp3) is 0.360. The molecule has 2 aromatic rings. The van der Waals surface area contributed by atoms with Gasteiger partial charge in [0.15, 0.2) is 0 Å². The van der Waals surface area contributed by atoms with Crippen LogP contribution in [0.3, 0.4) is 0 Å². The molecule has 3 nitrogen and oxygen atoms in total. The van der Waals surface area contributed by atoms with Gasteiger partial charge in [0, 0.05) is 29.0 Å². The van der Waals surface area contributed by atoms with Crippen LogP contribution < -0.4 is 0 Å². The molecule has 3 rings (SSSR count). The number of aliphatic hydroxyl groups excluding tert-OH is 2. The van der Waals surface area contributed by atoms with Gasteiger partial charge in [-0.3, -0.25) is 0 Å². The van der Waals surface area contributed by atoms with E-state index in [0.29, 0.717) is 12.8 Å². The van der Waals surface area contributed by atoms with Crippen LogP contribution in [0.1, 0.15) is 52.3 Å². The summed E-state index contributed by atoms with van der Waals surface area (Å²) < 4.78 is 18.9. The summed E-state index contributed by atoms with van der Waals surface area (Å²) in [6.45, 7) is 7.22. The molecule has 0 amide bonds. The number of benzene rings is 1. The molecule has 2 N–H and O–H groups in total. The molecule has 30 heavy (non-hydrogen) atoms. The summed E-state index contributed by atoms with van der Waals surface area (Å²) in [7, 11) is 0. The van der Waals surface area contributed by atoms with E-state index in [0.717, 1.165) is 22.4 Å². The van der Waals surface area contributed by atoms with Crippen molar-refractivity contribution in [3.63, 3.8) is 0 Å². The molecule has 3 unspecified atom stereocenters. The molecular formula is C25H29FO3S. The average Bonchev–Trinajstić information content (AvgIpc) is 3.17. The number of hydrogen-bond acceptors (Lipinski definition) is 4. The van der Waals surface area contributed by atoms with Crippen LogP contribution in [-0.4, -0.2) is 29.0 Å². The lowest BCUT2D eigenvalue weighted by molar-refractivity contribution is -0.113. The molecule has 0 radical (unpaired) electrons. The number of ether oxygens (including phenoxy) is 1. The lowest BCUT2D eigenvalue weighted by atomic mass is 9.93. The summed E-state index contributed by atoms with van der Waals surface area (Å²) in [6, 6.07) is 10.4. The molecule has 1 saturated heterocycles. The first kappa shape index (κ1) is 22.6. The first-order chi connectivity index (χ1) is 14.4. The van der Waals surface area contributed by atoms with Gasteiger partial charge in [-0.15, -0.1) is 11.3 Å². The van der Waals surface area contributed by atoms with Crippen LogP contribution in [0, 0.1) is 6.92 Å². The smallest absolute Gasteiger partial charge is 0.116 e. The second-order valence-electron chi connectivity index (χ2n) is 7.71. The largest absolute Gasteiger partial charge is 0.394 e. The number of hydrogen-bond donors (Lipinski definition) is 2. The number of halogens is 1. The zero-order chi connectivity index (χ0) is 21.7. The quantitative estimate of drug-likeness (QED) is 0.559. The van der Waals surface area contributed by atoms with Crippen LogP contribution >= 0.6 is 11.3 Å². The summed E-state index contributed by atoms with van der Waals surface area (Å²) in [5, 5.41) is 19.6. The summed E-state index contributed by atoms with van der Waals surface area (Å²) in [5.41, 5.74) is 4.40. The van der Waals surface area contributed by atoms with Crippen LogP contribution in [-0.2, 0) is 11.2 Å². The Morgan fingerprint density at radius 1 is 1.27 bits per heavy atom. The fourth-order valence-electron chi connectivity index (χ4n) is 3.72. The molecule has 1 aromatic carbocycles. The van der Waals surface area contributed by atoms with E-state index in [2.05, 4.69) is 37.8 Å². The van der Waals surface area contributed by atoms with Crippen molar-refractivity contribution in [1.29, 1.82) is 0 Å². The van der Waals surface area contributed by atoms with E-state index in [-0.39, 0.29) is 18.8 Å². The van der Waals surface area contributed by atoms with E-state index in [1.54, 1.807) is 17.4 Å². The zero-order valence-electron chi connectivity index (χ0n) is 17.5. The first-order valence-corrected chi connectivity index (χ1v) is 11.0. The second kappa shape index (κ2) is 10.3. The molecule has 1 fully saturated rings. The van der Waals surface area contributed by atoms with E-state index in [1.807, 2.05) is 19.1 Å². The summed E-state index contributed by atoms with van der Waals surface area (Å²) in [4.78, 5) is 2.30. The highest BCUT2D eigenvalue weighted by molar-refractivity contribution is 7.13. The number of rotatable bonds is 7. The Kier molecular flexibility index (Phi) is 7.78. The normalized spacial score (nSPS) is 22.6. The number of allylic oxidation sites excluding steroid dienone is 5. The maximum absolute atomic E-state index is 13.0.